The molecule has 1 aromatic heterocycles. The summed E-state index contributed by atoms with van der Waals surface area (Å²) >= 11 is 1.69. The lowest BCUT2D eigenvalue weighted by Gasteiger charge is -2.15. The molecular weight excluding hydrogens is 168 g/mol. The van der Waals surface area contributed by atoms with Crippen LogP contribution in [0.25, 0.3) is 6.08 Å². The van der Waals surface area contributed by atoms with E-state index < -0.39 is 0 Å². The second kappa shape index (κ2) is 3.72. The van der Waals surface area contributed by atoms with Gasteiger partial charge in [-0.2, -0.15) is 0 Å². The summed E-state index contributed by atoms with van der Waals surface area (Å²) in [5, 5.41) is 6.50. The normalized spacial score (nSPS) is 20.8. The molecule has 0 aromatic carbocycles. The predicted molar refractivity (Wildman–Crippen MR) is 51.9 cm³/mol. The fourth-order valence-corrected chi connectivity index (χ4v) is 1.95. The van der Waals surface area contributed by atoms with E-state index in [1.807, 2.05) is 11.6 Å². The van der Waals surface area contributed by atoms with Crippen LogP contribution in [0.3, 0.4) is 0 Å². The van der Waals surface area contributed by atoms with E-state index in [2.05, 4.69) is 16.4 Å². The minimum atomic E-state index is 1.11. The zero-order chi connectivity index (χ0) is 8.23. The second-order valence-electron chi connectivity index (χ2n) is 2.92. The molecule has 2 nitrogen and oxygen atoms in total. The summed E-state index contributed by atoms with van der Waals surface area (Å²) in [5.74, 6) is 0. The maximum atomic E-state index is 4.21. The van der Waals surface area contributed by atoms with E-state index in [1.54, 1.807) is 11.3 Å². The number of aromatic nitrogens is 1. The van der Waals surface area contributed by atoms with Crippen LogP contribution in [0.1, 0.15) is 24.3 Å². The van der Waals surface area contributed by atoms with Crippen LogP contribution in [0.2, 0.25) is 0 Å². The van der Waals surface area contributed by atoms with Crippen molar-refractivity contribution >= 4 is 17.4 Å². The number of allylic oxidation sites excluding steroid dienone is 1. The number of nitrogens with zero attached hydrogens (tertiary/aromatic N) is 1. The molecule has 1 aliphatic heterocycles. The van der Waals surface area contributed by atoms with Crippen LogP contribution in [0.15, 0.2) is 17.3 Å². The van der Waals surface area contributed by atoms with Crippen LogP contribution < -0.4 is 5.32 Å². The number of hydrogen-bond donors (Lipinski definition) is 1. The Morgan fingerprint density at radius 2 is 2.50 bits per heavy atom. The summed E-state index contributed by atoms with van der Waals surface area (Å²) in [4.78, 5) is 4.21. The predicted octanol–water partition coefficient (Wildman–Crippen LogP) is 2.26. The molecule has 1 aromatic rings. The average molecular weight is 180 g/mol. The molecule has 2 rings (SSSR count). The molecule has 12 heavy (non-hydrogen) atoms. The minimum absolute atomic E-state index is 1.11. The van der Waals surface area contributed by atoms with Gasteiger partial charge in [-0.3, -0.25) is 0 Å². The van der Waals surface area contributed by atoms with Gasteiger partial charge in [0, 0.05) is 23.8 Å². The third-order valence-corrected chi connectivity index (χ3v) is 2.70. The van der Waals surface area contributed by atoms with Crippen molar-refractivity contribution < 1.29 is 0 Å². The highest BCUT2D eigenvalue weighted by molar-refractivity contribution is 7.10. The molecule has 0 aliphatic carbocycles. The summed E-state index contributed by atoms with van der Waals surface area (Å²) in [6.45, 7) is 1.12. The van der Waals surface area contributed by atoms with Gasteiger partial charge in [-0.25, -0.2) is 4.98 Å². The number of thiazole rings is 1. The van der Waals surface area contributed by atoms with Gasteiger partial charge in [0.25, 0.3) is 0 Å². The lowest BCUT2D eigenvalue weighted by molar-refractivity contribution is 0.592. The van der Waals surface area contributed by atoms with E-state index in [-0.39, 0.29) is 0 Å². The molecule has 0 atom stereocenters. The van der Waals surface area contributed by atoms with Crippen molar-refractivity contribution in [3.63, 3.8) is 0 Å². The largest absolute Gasteiger partial charge is 0.388 e. The quantitative estimate of drug-likeness (QED) is 0.717. The summed E-state index contributed by atoms with van der Waals surface area (Å²) in [6, 6.07) is 0. The standard InChI is InChI=1S/C9H12N2S/c1-2-4-10-8(3-1)7-9-11-5-6-12-9/h5-7,10H,1-4H2. The Morgan fingerprint density at radius 3 is 3.17 bits per heavy atom. The zero-order valence-electron chi connectivity index (χ0n) is 6.92. The first-order chi connectivity index (χ1) is 5.95. The molecule has 2 heterocycles. The smallest absolute Gasteiger partial charge is 0.117 e. The van der Waals surface area contributed by atoms with Gasteiger partial charge in [-0.1, -0.05) is 0 Å². The average Bonchev–Trinajstić information content (AvgIpc) is 2.59. The van der Waals surface area contributed by atoms with E-state index in [0.717, 1.165) is 11.6 Å². The van der Waals surface area contributed by atoms with Gasteiger partial charge in [-0.05, 0) is 25.3 Å². The number of piperidine rings is 1. The highest BCUT2D eigenvalue weighted by atomic mass is 32.1. The van der Waals surface area contributed by atoms with Gasteiger partial charge in [0.15, 0.2) is 0 Å². The molecule has 0 unspecified atom stereocenters. The topological polar surface area (TPSA) is 24.9 Å². The lowest BCUT2D eigenvalue weighted by Crippen LogP contribution is -2.19. The van der Waals surface area contributed by atoms with Gasteiger partial charge < -0.3 is 5.32 Å². The monoisotopic (exact) mass is 180 g/mol. The van der Waals surface area contributed by atoms with Crippen LogP contribution in [-0.4, -0.2) is 11.5 Å². The molecule has 1 saturated heterocycles. The molecular formula is C9H12N2S. The van der Waals surface area contributed by atoms with Crippen molar-refractivity contribution in [3.8, 4) is 0 Å². The van der Waals surface area contributed by atoms with Crippen LogP contribution in [0.4, 0.5) is 0 Å². The molecule has 0 bridgehead atoms. The fourth-order valence-electron chi connectivity index (χ4n) is 1.36. The highest BCUT2D eigenvalue weighted by Crippen LogP contribution is 2.15. The molecule has 0 amide bonds. The minimum Gasteiger partial charge on any atom is -0.388 e. The Kier molecular flexibility index (Phi) is 2.42. The zero-order valence-corrected chi connectivity index (χ0v) is 7.73. The molecule has 1 aliphatic rings. The molecule has 0 saturated carbocycles. The summed E-state index contributed by atoms with van der Waals surface area (Å²) < 4.78 is 0. The Bertz CT molecular complexity index is 256. The van der Waals surface area contributed by atoms with E-state index in [9.17, 15) is 0 Å². The Morgan fingerprint density at radius 1 is 1.50 bits per heavy atom. The van der Waals surface area contributed by atoms with Gasteiger partial charge in [0.05, 0.1) is 0 Å². The SMILES string of the molecule is C(=C1CCCCN1)c1nccs1. The number of nitrogens with one attached hydrogen (secondary N) is 1. The van der Waals surface area contributed by atoms with Crippen molar-refractivity contribution in [3.05, 3.63) is 22.3 Å². The molecule has 1 fully saturated rings. The Labute approximate surface area is 76.3 Å². The van der Waals surface area contributed by atoms with Gasteiger partial charge >= 0.3 is 0 Å². The van der Waals surface area contributed by atoms with Crippen LogP contribution in [0, 0.1) is 0 Å². The van der Waals surface area contributed by atoms with Crippen molar-refractivity contribution in [1.29, 1.82) is 0 Å². The number of hydrogen-bond acceptors (Lipinski definition) is 3. The van der Waals surface area contributed by atoms with Crippen LogP contribution in [0.5, 0.6) is 0 Å². The fraction of sp³-hybridized carbons (Fsp3) is 0.444. The van der Waals surface area contributed by atoms with Gasteiger partial charge in [0.2, 0.25) is 0 Å². The molecule has 64 valence electrons. The molecule has 0 spiro atoms. The lowest BCUT2D eigenvalue weighted by atomic mass is 10.1. The first-order valence-electron chi connectivity index (χ1n) is 4.29. The first-order valence-corrected chi connectivity index (χ1v) is 5.17. The Hall–Kier alpha value is -0.830. The van der Waals surface area contributed by atoms with Crippen molar-refractivity contribution in [2.45, 2.75) is 19.3 Å². The van der Waals surface area contributed by atoms with Gasteiger partial charge in [0.1, 0.15) is 5.01 Å². The third kappa shape index (κ3) is 1.85. The van der Waals surface area contributed by atoms with E-state index >= 15 is 0 Å². The maximum Gasteiger partial charge on any atom is 0.117 e. The summed E-state index contributed by atoms with van der Waals surface area (Å²) in [5.41, 5.74) is 1.34. The van der Waals surface area contributed by atoms with E-state index in [4.69, 9.17) is 0 Å². The van der Waals surface area contributed by atoms with Crippen molar-refractivity contribution in [1.82, 2.24) is 10.3 Å². The van der Waals surface area contributed by atoms with Crippen molar-refractivity contribution in [2.75, 3.05) is 6.54 Å². The second-order valence-corrected chi connectivity index (χ2v) is 3.85. The van der Waals surface area contributed by atoms with Crippen LogP contribution in [-0.2, 0) is 0 Å². The highest BCUT2D eigenvalue weighted by Gasteiger charge is 2.03. The summed E-state index contributed by atoms with van der Waals surface area (Å²) in [7, 11) is 0. The Balaban J connectivity index is 2.07. The summed E-state index contributed by atoms with van der Waals surface area (Å²) in [6.07, 6.45) is 7.79. The molecule has 1 N–H and O–H groups in total. The maximum absolute atomic E-state index is 4.21. The third-order valence-electron chi connectivity index (χ3n) is 1.97. The first kappa shape index (κ1) is 7.80. The molecule has 0 radical (unpaired) electrons. The van der Waals surface area contributed by atoms with E-state index in [1.165, 1.54) is 25.0 Å². The molecule has 3 heteroatoms. The van der Waals surface area contributed by atoms with Gasteiger partial charge in [-0.15, -0.1) is 11.3 Å². The van der Waals surface area contributed by atoms with E-state index in [0.29, 0.717) is 0 Å². The number of rotatable bonds is 1. The van der Waals surface area contributed by atoms with Crippen molar-refractivity contribution in [2.24, 2.45) is 0 Å². The van der Waals surface area contributed by atoms with Crippen LogP contribution >= 0.6 is 11.3 Å².